The molecule has 0 spiro atoms. The first kappa shape index (κ1) is 15.1. The smallest absolute Gasteiger partial charge is 0.228 e. The number of nitrogens with zero attached hydrogens (tertiary/aromatic N) is 2. The maximum atomic E-state index is 11.6. The van der Waals surface area contributed by atoms with Gasteiger partial charge in [-0.2, -0.15) is 0 Å². The molecule has 0 saturated carbocycles. The standard InChI is InChI=1S/C16H18N4O3/c1-10(2)16(21)18-15-6-5-14(19-20-15)17-11-3-4-12-13(9-11)23-8-7-22-12/h3-6,9-10H,7-8H2,1-2H3,(H,17,19)(H,18,20,21). The minimum atomic E-state index is -0.104. The van der Waals surface area contributed by atoms with E-state index in [1.807, 2.05) is 32.0 Å². The van der Waals surface area contributed by atoms with Gasteiger partial charge in [-0.05, 0) is 24.3 Å². The molecular weight excluding hydrogens is 296 g/mol. The summed E-state index contributed by atoms with van der Waals surface area (Å²) in [5.74, 6) is 2.24. The first-order chi connectivity index (χ1) is 11.1. The SMILES string of the molecule is CC(C)C(=O)Nc1ccc(Nc2ccc3c(c2)OCCO3)nn1. The van der Waals surface area contributed by atoms with Crippen LogP contribution in [0.3, 0.4) is 0 Å². The number of nitrogens with one attached hydrogen (secondary N) is 2. The third-order valence-electron chi connectivity index (χ3n) is 3.25. The molecule has 1 aliphatic rings. The molecule has 7 heteroatoms. The van der Waals surface area contributed by atoms with Gasteiger partial charge in [0.2, 0.25) is 5.91 Å². The Morgan fingerprint density at radius 2 is 1.74 bits per heavy atom. The second kappa shape index (κ2) is 6.51. The zero-order valence-corrected chi connectivity index (χ0v) is 13.0. The summed E-state index contributed by atoms with van der Waals surface area (Å²) >= 11 is 0. The fraction of sp³-hybridized carbons (Fsp3) is 0.312. The van der Waals surface area contributed by atoms with E-state index in [0.717, 1.165) is 11.4 Å². The van der Waals surface area contributed by atoms with E-state index in [1.165, 1.54) is 0 Å². The van der Waals surface area contributed by atoms with Crippen molar-refractivity contribution in [1.29, 1.82) is 0 Å². The number of carbonyl (C=O) groups is 1. The van der Waals surface area contributed by atoms with Crippen LogP contribution in [0.5, 0.6) is 11.5 Å². The molecule has 3 rings (SSSR count). The highest BCUT2D eigenvalue weighted by molar-refractivity contribution is 5.91. The van der Waals surface area contributed by atoms with Gasteiger partial charge in [-0.3, -0.25) is 4.79 Å². The van der Waals surface area contributed by atoms with Crippen molar-refractivity contribution in [2.45, 2.75) is 13.8 Å². The number of rotatable bonds is 4. The van der Waals surface area contributed by atoms with Crippen LogP contribution in [0.2, 0.25) is 0 Å². The number of fused-ring (bicyclic) bond motifs is 1. The molecule has 7 nitrogen and oxygen atoms in total. The van der Waals surface area contributed by atoms with Gasteiger partial charge in [0.1, 0.15) is 13.2 Å². The van der Waals surface area contributed by atoms with Gasteiger partial charge in [-0.1, -0.05) is 13.8 Å². The van der Waals surface area contributed by atoms with E-state index < -0.39 is 0 Å². The average molecular weight is 314 g/mol. The van der Waals surface area contributed by atoms with Gasteiger partial charge in [0.15, 0.2) is 23.1 Å². The Kier molecular flexibility index (Phi) is 4.27. The van der Waals surface area contributed by atoms with Crippen molar-refractivity contribution < 1.29 is 14.3 Å². The molecular formula is C16H18N4O3. The van der Waals surface area contributed by atoms with Crippen molar-refractivity contribution in [2.75, 3.05) is 23.8 Å². The predicted molar refractivity (Wildman–Crippen MR) is 86.2 cm³/mol. The van der Waals surface area contributed by atoms with Crippen LogP contribution < -0.4 is 20.1 Å². The predicted octanol–water partition coefficient (Wildman–Crippen LogP) is 2.59. The number of ether oxygens (including phenoxy) is 2. The van der Waals surface area contributed by atoms with Crippen molar-refractivity contribution in [2.24, 2.45) is 5.92 Å². The molecule has 2 N–H and O–H groups in total. The number of amides is 1. The number of benzene rings is 1. The van der Waals surface area contributed by atoms with Gasteiger partial charge in [-0.15, -0.1) is 10.2 Å². The molecule has 0 atom stereocenters. The molecule has 0 fully saturated rings. The highest BCUT2D eigenvalue weighted by Gasteiger charge is 2.12. The monoisotopic (exact) mass is 314 g/mol. The van der Waals surface area contributed by atoms with E-state index in [-0.39, 0.29) is 11.8 Å². The normalized spacial score (nSPS) is 12.8. The van der Waals surface area contributed by atoms with Gasteiger partial charge < -0.3 is 20.1 Å². The van der Waals surface area contributed by atoms with Crippen LogP contribution in [0.25, 0.3) is 0 Å². The van der Waals surface area contributed by atoms with Crippen molar-refractivity contribution in [3.8, 4) is 11.5 Å². The molecule has 23 heavy (non-hydrogen) atoms. The molecule has 0 radical (unpaired) electrons. The molecule has 120 valence electrons. The fourth-order valence-corrected chi connectivity index (χ4v) is 2.01. The lowest BCUT2D eigenvalue weighted by Gasteiger charge is -2.19. The second-order valence-corrected chi connectivity index (χ2v) is 5.43. The summed E-state index contributed by atoms with van der Waals surface area (Å²) in [7, 11) is 0. The molecule has 0 unspecified atom stereocenters. The quantitative estimate of drug-likeness (QED) is 0.902. The number of hydrogen-bond acceptors (Lipinski definition) is 6. The molecule has 1 aromatic heterocycles. The number of carbonyl (C=O) groups excluding carboxylic acids is 1. The summed E-state index contributed by atoms with van der Waals surface area (Å²) in [6.45, 7) is 4.75. The molecule has 0 bridgehead atoms. The van der Waals surface area contributed by atoms with Gasteiger partial charge in [0, 0.05) is 17.7 Å². The number of anilines is 3. The Labute approximate surface area is 134 Å². The van der Waals surface area contributed by atoms with E-state index in [1.54, 1.807) is 12.1 Å². The van der Waals surface area contributed by atoms with Gasteiger partial charge >= 0.3 is 0 Å². The molecule has 1 aromatic carbocycles. The Morgan fingerprint density at radius 3 is 2.43 bits per heavy atom. The summed E-state index contributed by atoms with van der Waals surface area (Å²) in [5.41, 5.74) is 0.822. The van der Waals surface area contributed by atoms with Crippen LogP contribution in [0.4, 0.5) is 17.3 Å². The van der Waals surface area contributed by atoms with E-state index in [0.29, 0.717) is 30.6 Å². The van der Waals surface area contributed by atoms with Crippen LogP contribution in [0.15, 0.2) is 30.3 Å². The lowest BCUT2D eigenvalue weighted by Crippen LogP contribution is -2.18. The first-order valence-electron chi connectivity index (χ1n) is 7.43. The number of aromatic nitrogens is 2. The van der Waals surface area contributed by atoms with Gasteiger partial charge in [0.05, 0.1) is 0 Å². The second-order valence-electron chi connectivity index (χ2n) is 5.43. The van der Waals surface area contributed by atoms with Gasteiger partial charge in [-0.25, -0.2) is 0 Å². The van der Waals surface area contributed by atoms with Crippen molar-refractivity contribution in [3.63, 3.8) is 0 Å². The summed E-state index contributed by atoms with van der Waals surface area (Å²) in [4.78, 5) is 11.6. The lowest BCUT2D eigenvalue weighted by molar-refractivity contribution is -0.118. The Morgan fingerprint density at radius 1 is 1.04 bits per heavy atom. The summed E-state index contributed by atoms with van der Waals surface area (Å²) in [6.07, 6.45) is 0. The number of hydrogen-bond donors (Lipinski definition) is 2. The van der Waals surface area contributed by atoms with Crippen LogP contribution in [0, 0.1) is 5.92 Å². The van der Waals surface area contributed by atoms with Crippen LogP contribution in [-0.4, -0.2) is 29.3 Å². The van der Waals surface area contributed by atoms with Crippen LogP contribution in [-0.2, 0) is 4.79 Å². The molecule has 1 aliphatic heterocycles. The first-order valence-corrected chi connectivity index (χ1v) is 7.43. The molecule has 2 heterocycles. The van der Waals surface area contributed by atoms with Crippen molar-refractivity contribution in [1.82, 2.24) is 10.2 Å². The maximum Gasteiger partial charge on any atom is 0.228 e. The Balaban J connectivity index is 1.67. The Bertz CT molecular complexity index is 701. The van der Waals surface area contributed by atoms with Crippen molar-refractivity contribution in [3.05, 3.63) is 30.3 Å². The summed E-state index contributed by atoms with van der Waals surface area (Å²) in [5, 5.41) is 13.9. The van der Waals surface area contributed by atoms with Crippen LogP contribution >= 0.6 is 0 Å². The highest BCUT2D eigenvalue weighted by Crippen LogP contribution is 2.33. The lowest BCUT2D eigenvalue weighted by atomic mass is 10.2. The Hall–Kier alpha value is -2.83. The van der Waals surface area contributed by atoms with E-state index >= 15 is 0 Å². The molecule has 1 amide bonds. The topological polar surface area (TPSA) is 85.4 Å². The van der Waals surface area contributed by atoms with Crippen molar-refractivity contribution >= 4 is 23.2 Å². The summed E-state index contributed by atoms with van der Waals surface area (Å²) < 4.78 is 11.0. The largest absolute Gasteiger partial charge is 0.486 e. The zero-order chi connectivity index (χ0) is 16.2. The van der Waals surface area contributed by atoms with Gasteiger partial charge in [0.25, 0.3) is 0 Å². The molecule has 0 aliphatic carbocycles. The van der Waals surface area contributed by atoms with E-state index in [4.69, 9.17) is 9.47 Å². The summed E-state index contributed by atoms with van der Waals surface area (Å²) in [6, 6.07) is 9.03. The van der Waals surface area contributed by atoms with E-state index in [2.05, 4.69) is 20.8 Å². The molecule has 2 aromatic rings. The highest BCUT2D eigenvalue weighted by atomic mass is 16.6. The van der Waals surface area contributed by atoms with Crippen LogP contribution in [0.1, 0.15) is 13.8 Å². The maximum absolute atomic E-state index is 11.6. The average Bonchev–Trinajstić information content (AvgIpc) is 2.56. The van der Waals surface area contributed by atoms with E-state index in [9.17, 15) is 4.79 Å². The third kappa shape index (κ3) is 3.68. The molecule has 0 saturated heterocycles. The fourth-order valence-electron chi connectivity index (χ4n) is 2.01. The minimum Gasteiger partial charge on any atom is -0.486 e. The minimum absolute atomic E-state index is 0.0909. The zero-order valence-electron chi connectivity index (χ0n) is 13.0. The third-order valence-corrected chi connectivity index (χ3v) is 3.25.